The highest BCUT2D eigenvalue weighted by Gasteiger charge is 2.14. The van der Waals surface area contributed by atoms with Crippen molar-refractivity contribution in [3.63, 3.8) is 0 Å². The zero-order valence-electron chi connectivity index (χ0n) is 8.64. The number of hydrogen-bond donors (Lipinski definition) is 2. The summed E-state index contributed by atoms with van der Waals surface area (Å²) in [5.74, 6) is -0.381. The molecule has 4 nitrogen and oxygen atoms in total. The second kappa shape index (κ2) is 5.36. The number of carbonyl (C=O) groups is 1. The monoisotopic (exact) mass is 209 g/mol. The van der Waals surface area contributed by atoms with Crippen LogP contribution in [-0.2, 0) is 4.79 Å². The van der Waals surface area contributed by atoms with Crippen molar-refractivity contribution in [2.75, 3.05) is 6.61 Å². The van der Waals surface area contributed by atoms with Crippen molar-refractivity contribution in [3.8, 4) is 5.75 Å². The smallest absolute Gasteiger partial charge is 0.325 e. The predicted molar refractivity (Wildman–Crippen MR) is 56.8 cm³/mol. The van der Waals surface area contributed by atoms with Crippen LogP contribution in [-0.4, -0.2) is 17.7 Å². The molecule has 0 saturated heterocycles. The Morgan fingerprint density at radius 2 is 2.33 bits per heavy atom. The lowest BCUT2D eigenvalue weighted by Crippen LogP contribution is -2.20. The van der Waals surface area contributed by atoms with E-state index in [1.165, 1.54) is 0 Å². The molecule has 1 unspecified atom stereocenters. The molecule has 1 aromatic carbocycles. The Balaban J connectivity index is 2.77. The number of benzene rings is 1. The number of carboxylic acids is 1. The van der Waals surface area contributed by atoms with Gasteiger partial charge in [-0.1, -0.05) is 19.1 Å². The lowest BCUT2D eigenvalue weighted by atomic mass is 10.1. The summed E-state index contributed by atoms with van der Waals surface area (Å²) >= 11 is 0. The molecule has 0 saturated carbocycles. The quantitative estimate of drug-likeness (QED) is 0.771. The summed E-state index contributed by atoms with van der Waals surface area (Å²) in [6.45, 7) is 2.62. The summed E-state index contributed by atoms with van der Waals surface area (Å²) in [6.07, 6.45) is 0.912. The molecule has 1 aromatic rings. The Labute approximate surface area is 88.7 Å². The Morgan fingerprint density at radius 1 is 1.60 bits per heavy atom. The highest BCUT2D eigenvalue weighted by Crippen LogP contribution is 2.18. The number of nitrogens with two attached hydrogens (primary N) is 1. The fourth-order valence-corrected chi connectivity index (χ4v) is 1.16. The summed E-state index contributed by atoms with van der Waals surface area (Å²) in [5.41, 5.74) is 6.03. The highest BCUT2D eigenvalue weighted by atomic mass is 16.5. The van der Waals surface area contributed by atoms with Crippen LogP contribution >= 0.6 is 0 Å². The summed E-state index contributed by atoms with van der Waals surface area (Å²) in [5, 5.41) is 8.74. The average Bonchev–Trinajstić information content (AvgIpc) is 2.25. The molecule has 0 aliphatic carbocycles. The van der Waals surface area contributed by atoms with Crippen molar-refractivity contribution < 1.29 is 14.6 Å². The van der Waals surface area contributed by atoms with Crippen LogP contribution in [0.5, 0.6) is 5.75 Å². The number of rotatable bonds is 5. The third-order valence-corrected chi connectivity index (χ3v) is 1.96. The maximum absolute atomic E-state index is 10.7. The lowest BCUT2D eigenvalue weighted by Gasteiger charge is -2.09. The molecule has 0 fully saturated rings. The Morgan fingerprint density at radius 3 is 2.93 bits per heavy atom. The molecule has 1 rings (SSSR count). The van der Waals surface area contributed by atoms with Crippen molar-refractivity contribution in [2.24, 2.45) is 5.73 Å². The Kier molecular flexibility index (Phi) is 4.12. The van der Waals surface area contributed by atoms with Crippen molar-refractivity contribution in [1.29, 1.82) is 0 Å². The third kappa shape index (κ3) is 3.25. The number of carboxylic acid groups (broad SMARTS) is 1. The first kappa shape index (κ1) is 11.5. The topological polar surface area (TPSA) is 72.5 Å². The molecule has 3 N–H and O–H groups in total. The van der Waals surface area contributed by atoms with Crippen LogP contribution in [0.4, 0.5) is 0 Å². The van der Waals surface area contributed by atoms with Gasteiger partial charge in [-0.15, -0.1) is 0 Å². The van der Waals surface area contributed by atoms with E-state index in [4.69, 9.17) is 15.6 Å². The number of aliphatic carboxylic acids is 1. The van der Waals surface area contributed by atoms with Crippen LogP contribution in [0, 0.1) is 0 Å². The van der Waals surface area contributed by atoms with E-state index < -0.39 is 12.0 Å². The van der Waals surface area contributed by atoms with Crippen LogP contribution < -0.4 is 10.5 Å². The minimum absolute atomic E-state index is 0.552. The number of hydrogen-bond acceptors (Lipinski definition) is 3. The number of ether oxygens (including phenoxy) is 1. The van der Waals surface area contributed by atoms with E-state index in [2.05, 4.69) is 0 Å². The van der Waals surface area contributed by atoms with Crippen LogP contribution in [0.3, 0.4) is 0 Å². The van der Waals surface area contributed by atoms with Crippen molar-refractivity contribution in [1.82, 2.24) is 0 Å². The first-order chi connectivity index (χ1) is 7.15. The molecular weight excluding hydrogens is 194 g/mol. The maximum Gasteiger partial charge on any atom is 0.325 e. The molecular formula is C11H15NO3. The first-order valence-corrected chi connectivity index (χ1v) is 4.86. The van der Waals surface area contributed by atoms with Gasteiger partial charge in [0.2, 0.25) is 0 Å². The molecule has 0 radical (unpaired) electrons. The van der Waals surface area contributed by atoms with E-state index >= 15 is 0 Å². The highest BCUT2D eigenvalue weighted by molar-refractivity contribution is 5.75. The van der Waals surface area contributed by atoms with E-state index in [1.54, 1.807) is 24.3 Å². The van der Waals surface area contributed by atoms with E-state index in [9.17, 15) is 4.79 Å². The predicted octanol–water partition coefficient (Wildman–Crippen LogP) is 1.56. The van der Waals surface area contributed by atoms with Gasteiger partial charge >= 0.3 is 5.97 Å². The van der Waals surface area contributed by atoms with Gasteiger partial charge in [0.05, 0.1) is 6.61 Å². The summed E-state index contributed by atoms with van der Waals surface area (Å²) in [7, 11) is 0. The minimum atomic E-state index is -1.04. The molecule has 0 spiro atoms. The summed E-state index contributed by atoms with van der Waals surface area (Å²) in [4.78, 5) is 10.7. The van der Waals surface area contributed by atoms with Crippen molar-refractivity contribution >= 4 is 5.97 Å². The lowest BCUT2D eigenvalue weighted by molar-refractivity contribution is -0.138. The van der Waals surface area contributed by atoms with Gasteiger partial charge in [0.25, 0.3) is 0 Å². The van der Waals surface area contributed by atoms with Gasteiger partial charge in [0, 0.05) is 0 Å². The Hall–Kier alpha value is -1.55. The van der Waals surface area contributed by atoms with Crippen molar-refractivity contribution in [3.05, 3.63) is 29.8 Å². The van der Waals surface area contributed by atoms with Gasteiger partial charge in [0.15, 0.2) is 0 Å². The molecule has 1 atom stereocenters. The molecule has 0 aliphatic heterocycles. The third-order valence-electron chi connectivity index (χ3n) is 1.96. The van der Waals surface area contributed by atoms with Crippen LogP contribution in [0.15, 0.2) is 24.3 Å². The zero-order valence-corrected chi connectivity index (χ0v) is 8.64. The van der Waals surface area contributed by atoms with E-state index in [0.717, 1.165) is 6.42 Å². The molecule has 0 bridgehead atoms. The van der Waals surface area contributed by atoms with E-state index in [1.807, 2.05) is 6.92 Å². The van der Waals surface area contributed by atoms with E-state index in [0.29, 0.717) is 17.9 Å². The van der Waals surface area contributed by atoms with Crippen molar-refractivity contribution in [2.45, 2.75) is 19.4 Å². The standard InChI is InChI=1S/C11H15NO3/c1-2-6-15-9-5-3-4-8(7-9)10(12)11(13)14/h3-5,7,10H,2,6,12H2,1H3,(H,13,14). The van der Waals surface area contributed by atoms with Gasteiger partial charge in [-0.2, -0.15) is 0 Å². The molecule has 0 aromatic heterocycles. The van der Waals surface area contributed by atoms with Crippen LogP contribution in [0.1, 0.15) is 24.9 Å². The molecule has 0 heterocycles. The van der Waals surface area contributed by atoms with Crippen LogP contribution in [0.25, 0.3) is 0 Å². The second-order valence-electron chi connectivity index (χ2n) is 3.24. The first-order valence-electron chi connectivity index (χ1n) is 4.86. The van der Waals surface area contributed by atoms with Gasteiger partial charge in [-0.25, -0.2) is 0 Å². The average molecular weight is 209 g/mol. The molecule has 0 amide bonds. The van der Waals surface area contributed by atoms with Gasteiger partial charge in [-0.05, 0) is 24.1 Å². The molecule has 4 heteroatoms. The molecule has 82 valence electrons. The van der Waals surface area contributed by atoms with Crippen LogP contribution in [0.2, 0.25) is 0 Å². The van der Waals surface area contributed by atoms with Gasteiger partial charge in [-0.3, -0.25) is 4.79 Å². The Bertz CT molecular complexity index is 338. The SMILES string of the molecule is CCCOc1cccc(C(N)C(=O)O)c1. The second-order valence-corrected chi connectivity index (χ2v) is 3.24. The van der Waals surface area contributed by atoms with Gasteiger partial charge < -0.3 is 15.6 Å². The molecule has 15 heavy (non-hydrogen) atoms. The van der Waals surface area contributed by atoms with E-state index in [-0.39, 0.29) is 0 Å². The maximum atomic E-state index is 10.7. The normalized spacial score (nSPS) is 12.1. The fourth-order valence-electron chi connectivity index (χ4n) is 1.16. The fraction of sp³-hybridized carbons (Fsp3) is 0.364. The molecule has 0 aliphatic rings. The summed E-state index contributed by atoms with van der Waals surface area (Å²) in [6, 6.07) is 5.87. The minimum Gasteiger partial charge on any atom is -0.494 e. The van der Waals surface area contributed by atoms with Gasteiger partial charge in [0.1, 0.15) is 11.8 Å². The largest absolute Gasteiger partial charge is 0.494 e. The summed E-state index contributed by atoms with van der Waals surface area (Å²) < 4.78 is 5.38. The zero-order chi connectivity index (χ0) is 11.3.